The fraction of sp³-hybridized carbons (Fsp3) is 0.292. The molecule has 0 radical (unpaired) electrons. The molecule has 1 unspecified atom stereocenters. The molecular formula is C24H27ClN2O2. The molecule has 29 heavy (non-hydrogen) atoms. The van der Waals surface area contributed by atoms with Gasteiger partial charge in [-0.2, -0.15) is 0 Å². The third-order valence-electron chi connectivity index (χ3n) is 5.45. The van der Waals surface area contributed by atoms with Crippen molar-refractivity contribution in [2.75, 3.05) is 19.6 Å². The van der Waals surface area contributed by atoms with E-state index in [2.05, 4.69) is 10.2 Å². The molecule has 1 fully saturated rings. The van der Waals surface area contributed by atoms with Crippen LogP contribution in [0.2, 0.25) is 0 Å². The summed E-state index contributed by atoms with van der Waals surface area (Å²) in [5.41, 5.74) is 2.00. The first kappa shape index (κ1) is 21.2. The normalized spacial score (nSPS) is 15.1. The van der Waals surface area contributed by atoms with E-state index in [-0.39, 0.29) is 30.3 Å². The highest BCUT2D eigenvalue weighted by Gasteiger charge is 2.28. The van der Waals surface area contributed by atoms with Gasteiger partial charge in [-0.25, -0.2) is 0 Å². The predicted molar refractivity (Wildman–Crippen MR) is 117 cm³/mol. The zero-order valence-corrected chi connectivity index (χ0v) is 17.2. The Kier molecular flexibility index (Phi) is 7.50. The second kappa shape index (κ2) is 10.3. The number of hydrogen-bond acceptors (Lipinski definition) is 3. The molecule has 3 aromatic rings. The number of nitrogens with one attached hydrogen (secondary N) is 1. The molecule has 1 aromatic heterocycles. The van der Waals surface area contributed by atoms with E-state index in [9.17, 15) is 4.79 Å². The monoisotopic (exact) mass is 410 g/mol. The molecule has 2 aromatic carbocycles. The number of likely N-dealkylation sites (tertiary alicyclic amines) is 1. The number of benzene rings is 2. The number of rotatable bonds is 7. The molecular weight excluding hydrogens is 384 g/mol. The van der Waals surface area contributed by atoms with Gasteiger partial charge < -0.3 is 9.73 Å². The van der Waals surface area contributed by atoms with E-state index in [0.717, 1.165) is 30.0 Å². The molecule has 4 rings (SSSR count). The summed E-state index contributed by atoms with van der Waals surface area (Å²) in [6.07, 6.45) is 4.10. The first-order chi connectivity index (χ1) is 13.8. The van der Waals surface area contributed by atoms with Crippen LogP contribution in [-0.4, -0.2) is 30.4 Å². The minimum Gasteiger partial charge on any atom is -0.468 e. The van der Waals surface area contributed by atoms with Crippen LogP contribution in [0.4, 0.5) is 0 Å². The third-order valence-corrected chi connectivity index (χ3v) is 5.45. The van der Waals surface area contributed by atoms with Crippen LogP contribution in [0.5, 0.6) is 0 Å². The summed E-state index contributed by atoms with van der Waals surface area (Å²) >= 11 is 0. The molecule has 2 heterocycles. The lowest BCUT2D eigenvalue weighted by Crippen LogP contribution is -2.38. The number of hydrogen-bond donors (Lipinski definition) is 1. The van der Waals surface area contributed by atoms with Crippen molar-refractivity contribution >= 4 is 18.3 Å². The second-order valence-corrected chi connectivity index (χ2v) is 7.27. The van der Waals surface area contributed by atoms with Crippen LogP contribution in [0.25, 0.3) is 0 Å². The van der Waals surface area contributed by atoms with Crippen LogP contribution in [-0.2, 0) is 4.79 Å². The van der Waals surface area contributed by atoms with Gasteiger partial charge in [-0.15, -0.1) is 12.4 Å². The van der Waals surface area contributed by atoms with Crippen molar-refractivity contribution in [2.45, 2.75) is 24.8 Å². The number of nitrogens with zero attached hydrogens (tertiary/aromatic N) is 1. The first-order valence-corrected chi connectivity index (χ1v) is 9.98. The lowest BCUT2D eigenvalue weighted by molar-refractivity contribution is -0.122. The average molecular weight is 411 g/mol. The highest BCUT2D eigenvalue weighted by Crippen LogP contribution is 2.27. The molecule has 0 bridgehead atoms. The lowest BCUT2D eigenvalue weighted by atomic mass is 9.90. The van der Waals surface area contributed by atoms with E-state index < -0.39 is 0 Å². The molecule has 1 N–H and O–H groups in total. The molecule has 1 aliphatic rings. The van der Waals surface area contributed by atoms with Gasteiger partial charge in [-0.05, 0) is 49.2 Å². The molecule has 152 valence electrons. The Balaban J connectivity index is 0.00000240. The first-order valence-electron chi connectivity index (χ1n) is 9.98. The fourth-order valence-corrected chi connectivity index (χ4v) is 4.03. The standard InChI is InChI=1S/C24H26N2O2.ClH/c27-24(23(19-10-3-1-4-11-19)20-12-5-2-6-13-20)25-18-21(22-14-9-17-28-22)26-15-7-8-16-26;/h1-6,9-14,17,21,23H,7-8,15-16,18H2,(H,25,27);1H. The quantitative estimate of drug-likeness (QED) is 0.609. The van der Waals surface area contributed by atoms with Crippen molar-refractivity contribution in [2.24, 2.45) is 0 Å². The van der Waals surface area contributed by atoms with Crippen LogP contribution < -0.4 is 5.32 Å². The molecule has 1 saturated heterocycles. The maximum atomic E-state index is 13.3. The van der Waals surface area contributed by atoms with E-state index in [4.69, 9.17) is 4.42 Å². The van der Waals surface area contributed by atoms with Gasteiger partial charge >= 0.3 is 0 Å². The van der Waals surface area contributed by atoms with Crippen molar-refractivity contribution in [1.82, 2.24) is 10.2 Å². The van der Waals surface area contributed by atoms with Crippen LogP contribution >= 0.6 is 12.4 Å². The highest BCUT2D eigenvalue weighted by atomic mass is 35.5. The maximum Gasteiger partial charge on any atom is 0.232 e. The smallest absolute Gasteiger partial charge is 0.232 e. The predicted octanol–water partition coefficient (Wildman–Crippen LogP) is 4.79. The molecule has 0 saturated carbocycles. The third kappa shape index (κ3) is 5.08. The van der Waals surface area contributed by atoms with E-state index in [0.29, 0.717) is 6.54 Å². The summed E-state index contributed by atoms with van der Waals surface area (Å²) in [7, 11) is 0. The zero-order valence-electron chi connectivity index (χ0n) is 16.4. The highest BCUT2D eigenvalue weighted by molar-refractivity contribution is 5.87. The Hall–Kier alpha value is -2.56. The Morgan fingerprint density at radius 3 is 2.00 bits per heavy atom. The Bertz CT molecular complexity index is 823. The maximum absolute atomic E-state index is 13.3. The SMILES string of the molecule is Cl.O=C(NCC(c1ccco1)N1CCCC1)C(c1ccccc1)c1ccccc1. The molecule has 1 atom stereocenters. The van der Waals surface area contributed by atoms with Gasteiger partial charge in [0, 0.05) is 6.54 Å². The molecule has 1 amide bonds. The summed E-state index contributed by atoms with van der Waals surface area (Å²) < 4.78 is 5.68. The van der Waals surface area contributed by atoms with Crippen molar-refractivity contribution in [3.8, 4) is 0 Å². The summed E-state index contributed by atoms with van der Waals surface area (Å²) in [5.74, 6) is 0.615. The van der Waals surface area contributed by atoms with Crippen LogP contribution in [0.1, 0.15) is 41.7 Å². The second-order valence-electron chi connectivity index (χ2n) is 7.27. The van der Waals surface area contributed by atoms with E-state index >= 15 is 0 Å². The van der Waals surface area contributed by atoms with E-state index in [1.807, 2.05) is 72.8 Å². The number of amides is 1. The Morgan fingerprint density at radius 2 is 1.48 bits per heavy atom. The van der Waals surface area contributed by atoms with Gasteiger partial charge in [0.25, 0.3) is 0 Å². The summed E-state index contributed by atoms with van der Waals surface area (Å²) in [4.78, 5) is 15.7. The molecule has 5 heteroatoms. The van der Waals surface area contributed by atoms with Gasteiger partial charge in [0.1, 0.15) is 5.76 Å². The minimum absolute atomic E-state index is 0. The summed E-state index contributed by atoms with van der Waals surface area (Å²) in [6, 6.07) is 23.9. The molecule has 0 spiro atoms. The average Bonchev–Trinajstić information content (AvgIpc) is 3.45. The van der Waals surface area contributed by atoms with Crippen LogP contribution in [0, 0.1) is 0 Å². The van der Waals surface area contributed by atoms with Crippen molar-refractivity contribution in [3.63, 3.8) is 0 Å². The number of furan rings is 1. The van der Waals surface area contributed by atoms with Gasteiger partial charge in [0.15, 0.2) is 0 Å². The van der Waals surface area contributed by atoms with Crippen molar-refractivity contribution in [3.05, 3.63) is 95.9 Å². The summed E-state index contributed by atoms with van der Waals surface area (Å²) in [5, 5.41) is 3.20. The fourth-order valence-electron chi connectivity index (χ4n) is 4.03. The topological polar surface area (TPSA) is 45.5 Å². The number of carbonyl (C=O) groups excluding carboxylic acids is 1. The number of carbonyl (C=O) groups is 1. The van der Waals surface area contributed by atoms with Gasteiger partial charge in [-0.1, -0.05) is 60.7 Å². The van der Waals surface area contributed by atoms with Gasteiger partial charge in [0.2, 0.25) is 5.91 Å². The largest absolute Gasteiger partial charge is 0.468 e. The number of halogens is 1. The van der Waals surface area contributed by atoms with E-state index in [1.165, 1.54) is 12.8 Å². The summed E-state index contributed by atoms with van der Waals surface area (Å²) in [6.45, 7) is 2.63. The minimum atomic E-state index is -0.321. The van der Waals surface area contributed by atoms with Crippen LogP contribution in [0.3, 0.4) is 0 Å². The zero-order chi connectivity index (χ0) is 19.2. The van der Waals surface area contributed by atoms with E-state index in [1.54, 1.807) is 6.26 Å². The van der Waals surface area contributed by atoms with Gasteiger partial charge in [0.05, 0.1) is 18.2 Å². The Labute approximate surface area is 178 Å². The molecule has 0 aliphatic carbocycles. The van der Waals surface area contributed by atoms with Gasteiger partial charge in [-0.3, -0.25) is 9.69 Å². The Morgan fingerprint density at radius 1 is 0.897 bits per heavy atom. The molecule has 4 nitrogen and oxygen atoms in total. The van der Waals surface area contributed by atoms with Crippen molar-refractivity contribution < 1.29 is 9.21 Å². The van der Waals surface area contributed by atoms with Crippen molar-refractivity contribution in [1.29, 1.82) is 0 Å². The molecule has 1 aliphatic heterocycles. The van der Waals surface area contributed by atoms with Crippen LogP contribution in [0.15, 0.2) is 83.5 Å². The lowest BCUT2D eigenvalue weighted by Gasteiger charge is -2.27.